The summed E-state index contributed by atoms with van der Waals surface area (Å²) in [5.41, 5.74) is -1.55. The number of benzene rings is 2. The molecule has 3 aliphatic heterocycles. The zero-order chi connectivity index (χ0) is 38.5. The predicted octanol–water partition coefficient (Wildman–Crippen LogP) is -4.25. The molecule has 53 heavy (non-hydrogen) atoms. The molecule has 3 aromatic rings. The van der Waals surface area contributed by atoms with Crippen molar-refractivity contribution < 1.29 is 99.2 Å². The number of aromatic hydroxyl groups is 4. The van der Waals surface area contributed by atoms with E-state index in [0.29, 0.717) is 0 Å². The third-order valence-corrected chi connectivity index (χ3v) is 9.07. The Morgan fingerprint density at radius 3 is 1.96 bits per heavy atom. The van der Waals surface area contributed by atoms with Gasteiger partial charge in [0.2, 0.25) is 17.5 Å². The van der Waals surface area contributed by atoms with Crippen molar-refractivity contribution in [2.45, 2.75) is 86.0 Å². The number of ether oxygens (including phenoxy) is 6. The summed E-state index contributed by atoms with van der Waals surface area (Å²) in [6.45, 7) is -2.34. The number of phenols is 4. The number of hydrogen-bond donors (Lipinski definition) is 13. The van der Waals surface area contributed by atoms with Gasteiger partial charge in [-0.05, 0) is 18.2 Å². The first-order valence-electron chi connectivity index (χ1n) is 16.1. The van der Waals surface area contributed by atoms with Crippen LogP contribution in [0.15, 0.2) is 39.5 Å². The number of fused-ring (bicyclic) bond motifs is 1. The molecule has 3 fully saturated rings. The molecule has 4 heterocycles. The molecule has 0 radical (unpaired) electrons. The van der Waals surface area contributed by atoms with Gasteiger partial charge in [-0.1, -0.05) is 0 Å². The second kappa shape index (κ2) is 15.4. The number of aliphatic hydroxyl groups excluding tert-OH is 9. The maximum Gasteiger partial charge on any atom is 0.239 e. The quantitative estimate of drug-likeness (QED) is 0.0919. The number of aliphatic hydroxyl groups is 9. The van der Waals surface area contributed by atoms with Gasteiger partial charge >= 0.3 is 0 Å². The van der Waals surface area contributed by atoms with Crippen molar-refractivity contribution in [3.05, 3.63) is 40.6 Å². The van der Waals surface area contributed by atoms with Crippen LogP contribution in [-0.2, 0) is 23.7 Å². The highest BCUT2D eigenvalue weighted by molar-refractivity contribution is 5.88. The Morgan fingerprint density at radius 1 is 0.660 bits per heavy atom. The monoisotopic (exact) mass is 758 g/mol. The summed E-state index contributed by atoms with van der Waals surface area (Å²) in [7, 11) is 0. The Labute approximate surface area is 296 Å². The van der Waals surface area contributed by atoms with Gasteiger partial charge < -0.3 is 99.2 Å². The van der Waals surface area contributed by atoms with Crippen molar-refractivity contribution in [2.24, 2.45) is 0 Å². The summed E-state index contributed by atoms with van der Waals surface area (Å²) in [6.07, 6.45) is -25.4. The Kier molecular flexibility index (Phi) is 11.3. The summed E-state index contributed by atoms with van der Waals surface area (Å²) in [5.74, 6) is -3.70. The van der Waals surface area contributed by atoms with Crippen LogP contribution in [0.5, 0.6) is 28.7 Å². The molecule has 14 atom stereocenters. The molecule has 21 heteroatoms. The fourth-order valence-corrected chi connectivity index (χ4v) is 6.19. The number of hydrogen-bond acceptors (Lipinski definition) is 21. The third-order valence-electron chi connectivity index (χ3n) is 9.07. The minimum Gasteiger partial charge on any atom is -0.508 e. The van der Waals surface area contributed by atoms with Gasteiger partial charge in [0, 0.05) is 17.7 Å². The van der Waals surface area contributed by atoms with E-state index in [-0.39, 0.29) is 11.1 Å². The van der Waals surface area contributed by atoms with Crippen LogP contribution in [0.2, 0.25) is 0 Å². The number of rotatable bonds is 9. The van der Waals surface area contributed by atoms with Crippen molar-refractivity contribution in [1.29, 1.82) is 0 Å². The van der Waals surface area contributed by atoms with Gasteiger partial charge in [-0.3, -0.25) is 4.79 Å². The van der Waals surface area contributed by atoms with Crippen molar-refractivity contribution in [3.63, 3.8) is 0 Å². The van der Waals surface area contributed by atoms with Crippen LogP contribution in [0.4, 0.5) is 0 Å². The average molecular weight is 759 g/mol. The van der Waals surface area contributed by atoms with Gasteiger partial charge in [0.25, 0.3) is 0 Å². The Bertz CT molecular complexity index is 1820. The van der Waals surface area contributed by atoms with E-state index in [0.717, 1.165) is 24.3 Å². The van der Waals surface area contributed by atoms with Gasteiger partial charge in [-0.15, -0.1) is 0 Å². The van der Waals surface area contributed by atoms with Crippen LogP contribution in [-0.4, -0.2) is 172 Å². The Balaban J connectivity index is 1.34. The van der Waals surface area contributed by atoms with Gasteiger partial charge in [0.05, 0.1) is 19.8 Å². The smallest absolute Gasteiger partial charge is 0.239 e. The molecular weight excluding hydrogens is 720 g/mol. The van der Waals surface area contributed by atoms with Crippen LogP contribution in [0.25, 0.3) is 22.3 Å². The van der Waals surface area contributed by atoms with Crippen molar-refractivity contribution >= 4 is 11.0 Å². The van der Waals surface area contributed by atoms with Crippen LogP contribution >= 0.6 is 0 Å². The lowest BCUT2D eigenvalue weighted by molar-refractivity contribution is -0.368. The molecular formula is C32H38O21. The van der Waals surface area contributed by atoms with E-state index in [1.165, 1.54) is 6.07 Å². The SMILES string of the molecule is O=c1c(OC2OC(CO)C(O)C(O)C2OC2OCC(O)C(OC3OC(CO)C(O)C(O)C3O)C2O)c(-c2ccc(O)c(O)c2)oc2cc(O)cc(O)c12. The molecule has 0 spiro atoms. The first-order valence-corrected chi connectivity index (χ1v) is 16.1. The first-order chi connectivity index (χ1) is 25.1. The van der Waals surface area contributed by atoms with Crippen molar-refractivity contribution in [3.8, 4) is 40.1 Å². The van der Waals surface area contributed by atoms with E-state index in [1.807, 2.05) is 0 Å². The lowest BCUT2D eigenvalue weighted by Crippen LogP contribution is -2.65. The van der Waals surface area contributed by atoms with Gasteiger partial charge in [0.15, 0.2) is 35.9 Å². The zero-order valence-electron chi connectivity index (χ0n) is 27.2. The lowest BCUT2D eigenvalue weighted by atomic mass is 9.98. The molecule has 3 saturated heterocycles. The standard InChI is InChI=1S/C32H38O21/c33-6-16-19(40)22(43)24(45)31(49-16)51-27-14(39)8-47-30(25(27)46)53-29-23(44)20(41)17(7-34)50-32(29)52-28-21(42)18-13(38)4-10(35)5-15(18)48-26(28)9-1-2-11(36)12(37)3-9/h1-5,14,16-17,19-20,22-25,27,29-41,43-46H,6-8H2. The summed E-state index contributed by atoms with van der Waals surface area (Å²) in [4.78, 5) is 13.9. The molecule has 0 saturated carbocycles. The maximum absolute atomic E-state index is 13.9. The van der Waals surface area contributed by atoms with Crippen molar-refractivity contribution in [1.82, 2.24) is 0 Å². The second-order valence-corrected chi connectivity index (χ2v) is 12.6. The topological polar surface area (TPSA) is 349 Å². The molecule has 0 bridgehead atoms. The van der Waals surface area contributed by atoms with E-state index in [4.69, 9.17) is 32.8 Å². The second-order valence-electron chi connectivity index (χ2n) is 12.6. The molecule has 0 aliphatic carbocycles. The molecule has 14 unspecified atom stereocenters. The highest BCUT2D eigenvalue weighted by Crippen LogP contribution is 2.40. The van der Waals surface area contributed by atoms with Crippen LogP contribution < -0.4 is 10.2 Å². The fourth-order valence-electron chi connectivity index (χ4n) is 6.19. The molecule has 2 aromatic carbocycles. The summed E-state index contributed by atoms with van der Waals surface area (Å²) in [6, 6.07) is 5.05. The van der Waals surface area contributed by atoms with E-state index in [2.05, 4.69) is 0 Å². The Hall–Kier alpha value is -3.91. The van der Waals surface area contributed by atoms with E-state index in [1.54, 1.807) is 0 Å². The highest BCUT2D eigenvalue weighted by atomic mass is 16.8. The first kappa shape index (κ1) is 38.8. The van der Waals surface area contributed by atoms with Crippen molar-refractivity contribution in [2.75, 3.05) is 19.8 Å². The largest absolute Gasteiger partial charge is 0.508 e. The molecule has 0 amide bonds. The normalized spacial score (nSPS) is 36.4. The fraction of sp³-hybridized carbons (Fsp3) is 0.531. The minimum atomic E-state index is -2.03. The van der Waals surface area contributed by atoms with E-state index < -0.39 is 151 Å². The molecule has 13 N–H and O–H groups in total. The Morgan fingerprint density at radius 2 is 1.30 bits per heavy atom. The summed E-state index contributed by atoms with van der Waals surface area (Å²) in [5, 5.41) is 134. The number of phenolic OH excluding ortho intramolecular Hbond substituents is 4. The molecule has 1 aromatic heterocycles. The highest BCUT2D eigenvalue weighted by Gasteiger charge is 2.52. The summed E-state index contributed by atoms with van der Waals surface area (Å²) < 4.78 is 39.4. The van der Waals surface area contributed by atoms with E-state index >= 15 is 0 Å². The van der Waals surface area contributed by atoms with Crippen LogP contribution in [0, 0.1) is 0 Å². The molecule has 21 nitrogen and oxygen atoms in total. The molecule has 3 aliphatic rings. The van der Waals surface area contributed by atoms with Gasteiger partial charge in [0.1, 0.15) is 83.5 Å². The third kappa shape index (κ3) is 7.33. The predicted molar refractivity (Wildman–Crippen MR) is 168 cm³/mol. The zero-order valence-corrected chi connectivity index (χ0v) is 27.2. The summed E-state index contributed by atoms with van der Waals surface area (Å²) >= 11 is 0. The minimum absolute atomic E-state index is 0.0992. The van der Waals surface area contributed by atoms with Crippen LogP contribution in [0.3, 0.4) is 0 Å². The maximum atomic E-state index is 13.9. The van der Waals surface area contributed by atoms with Gasteiger partial charge in [-0.2, -0.15) is 0 Å². The van der Waals surface area contributed by atoms with E-state index in [9.17, 15) is 71.2 Å². The lowest BCUT2D eigenvalue weighted by Gasteiger charge is -2.46. The van der Waals surface area contributed by atoms with Crippen LogP contribution in [0.1, 0.15) is 0 Å². The molecule has 6 rings (SSSR count). The average Bonchev–Trinajstić information content (AvgIpc) is 3.12. The van der Waals surface area contributed by atoms with Gasteiger partial charge in [-0.25, -0.2) is 0 Å². The molecule has 292 valence electrons.